The van der Waals surface area contributed by atoms with E-state index in [-0.39, 0.29) is 46.7 Å². The van der Waals surface area contributed by atoms with Gasteiger partial charge in [-0.1, -0.05) is 48.0 Å². The Morgan fingerprint density at radius 2 is 1.51 bits per heavy atom. The zero-order valence-electron chi connectivity index (χ0n) is 34.9. The Bertz CT molecular complexity index is 2480. The summed E-state index contributed by atoms with van der Waals surface area (Å²) in [6, 6.07) is 18.1. The number of fused-ring (bicyclic) bond motifs is 5. The molecule has 1 aliphatic heterocycles. The van der Waals surface area contributed by atoms with E-state index in [2.05, 4.69) is 31.5 Å². The zero-order chi connectivity index (χ0) is 45.4. The van der Waals surface area contributed by atoms with E-state index >= 15 is 0 Å². The molecule has 2 heterocycles. The number of aromatic nitrogens is 2. The number of phenolic OH excluding ortho intramolecular Hbond substituents is 2. The second-order valence-corrected chi connectivity index (χ2v) is 15.9. The monoisotopic (exact) mass is 876 g/mol. The van der Waals surface area contributed by atoms with E-state index in [0.717, 1.165) is 16.0 Å². The number of aromatic hydroxyl groups is 2. The minimum Gasteiger partial charge on any atom is -0.507 e. The Morgan fingerprint density at radius 1 is 0.857 bits per heavy atom. The fraction of sp³-hybridized carbons (Fsp3) is 0.283. The van der Waals surface area contributed by atoms with E-state index in [4.69, 9.17) is 17.3 Å². The average Bonchev–Trinajstić information content (AvgIpc) is 3.82. The maximum absolute atomic E-state index is 14.6. The Labute approximate surface area is 368 Å². The number of H-pyrrole nitrogens is 1. The molecule has 4 aromatic carbocycles. The lowest BCUT2D eigenvalue weighted by Gasteiger charge is -2.32. The molecule has 1 aliphatic rings. The van der Waals surface area contributed by atoms with Gasteiger partial charge in [0.2, 0.25) is 29.4 Å². The van der Waals surface area contributed by atoms with E-state index in [1.54, 1.807) is 42.5 Å². The molecule has 63 heavy (non-hydrogen) atoms. The van der Waals surface area contributed by atoms with Gasteiger partial charge in [-0.2, -0.15) is 5.10 Å². The van der Waals surface area contributed by atoms with E-state index in [9.17, 15) is 39.0 Å². The van der Waals surface area contributed by atoms with Gasteiger partial charge < -0.3 is 42.1 Å². The number of halogens is 1. The first-order valence-electron chi connectivity index (χ1n) is 20.4. The molecule has 0 saturated heterocycles. The number of rotatable bonds is 13. The summed E-state index contributed by atoms with van der Waals surface area (Å²) in [5.41, 5.74) is 8.90. The number of carbonyl (C=O) groups is 6. The van der Waals surface area contributed by atoms with Crippen molar-refractivity contribution in [3.63, 3.8) is 0 Å². The highest BCUT2D eigenvalue weighted by Gasteiger charge is 2.36. The lowest BCUT2D eigenvalue weighted by Crippen LogP contribution is -2.56. The summed E-state index contributed by atoms with van der Waals surface area (Å²) in [4.78, 5) is 84.4. The summed E-state index contributed by atoms with van der Waals surface area (Å²) < 4.78 is 0. The highest BCUT2D eigenvalue weighted by atomic mass is 35.5. The molecule has 0 fully saturated rings. The second kappa shape index (κ2) is 20.2. The van der Waals surface area contributed by atoms with Crippen LogP contribution in [0.4, 0.5) is 0 Å². The number of benzene rings is 4. The maximum Gasteiger partial charge on any atom is 0.251 e. The van der Waals surface area contributed by atoms with E-state index in [1.807, 2.05) is 12.1 Å². The largest absolute Gasteiger partial charge is 0.507 e. The number of amides is 5. The number of hydrogen-bond acceptors (Lipinski definition) is 10. The minimum absolute atomic E-state index is 0.106. The highest BCUT2D eigenvalue weighted by molar-refractivity contribution is 6.30. The predicted octanol–water partition coefficient (Wildman–Crippen LogP) is 4.17. The molecule has 6 rings (SSSR count). The van der Waals surface area contributed by atoms with Crippen LogP contribution in [0.2, 0.25) is 5.02 Å². The smallest absolute Gasteiger partial charge is 0.251 e. The number of ketones is 1. The Balaban J connectivity index is 1.31. The van der Waals surface area contributed by atoms with Crippen LogP contribution in [0.3, 0.4) is 0 Å². The molecule has 0 unspecified atom stereocenters. The number of aromatic amines is 1. The minimum atomic E-state index is -1.44. The van der Waals surface area contributed by atoms with Crippen molar-refractivity contribution in [3.05, 3.63) is 125 Å². The molecule has 9 N–H and O–H groups in total. The third-order valence-electron chi connectivity index (χ3n) is 10.9. The number of likely N-dealkylation sites (N-methyl/N-ethyl adjacent to an activating group) is 1. The van der Waals surface area contributed by atoms with Crippen LogP contribution in [-0.2, 0) is 25.6 Å². The molecule has 0 saturated carbocycles. The molecular formula is C46H49ClN8O8. The third kappa shape index (κ3) is 10.9. The van der Waals surface area contributed by atoms with Crippen molar-refractivity contribution in [1.82, 2.24) is 36.4 Å². The summed E-state index contributed by atoms with van der Waals surface area (Å²) >= 11 is 6.05. The van der Waals surface area contributed by atoms with Crippen molar-refractivity contribution in [2.24, 2.45) is 5.73 Å². The molecule has 4 bridgehead atoms. The Morgan fingerprint density at radius 3 is 2.16 bits per heavy atom. The predicted molar refractivity (Wildman–Crippen MR) is 236 cm³/mol. The fourth-order valence-electron chi connectivity index (χ4n) is 7.34. The van der Waals surface area contributed by atoms with Gasteiger partial charge >= 0.3 is 0 Å². The van der Waals surface area contributed by atoms with E-state index in [1.165, 1.54) is 63.5 Å². The SMILES string of the molecule is C[C@@H]1NC(=O)[C@@H](N(C)C(=O)[C@H](CCCCN)NC(=O)c2ccc(-c3ccc(Cl)cc3)cc2)c2ccc(O)c(c2)-c2cc(ccc2O)C[C@@H](C(=O)N[C@@H](C)C(=O)c2ccn[nH]2)NC1=O. The van der Waals surface area contributed by atoms with Gasteiger partial charge in [-0.15, -0.1) is 0 Å². The molecule has 5 atom stereocenters. The number of nitrogens with two attached hydrogens (primary N) is 1. The number of Topliss-reactive ketones (excluding diaryl/α,β-unsaturated/α-hetero) is 1. The van der Waals surface area contributed by atoms with Crippen LogP contribution in [-0.4, -0.2) is 98.4 Å². The topological polar surface area (TPSA) is 249 Å². The van der Waals surface area contributed by atoms with Gasteiger partial charge in [-0.05, 0) is 117 Å². The van der Waals surface area contributed by atoms with Crippen LogP contribution >= 0.6 is 11.6 Å². The average molecular weight is 877 g/mol. The van der Waals surface area contributed by atoms with Crippen LogP contribution in [0.5, 0.6) is 11.5 Å². The van der Waals surface area contributed by atoms with Gasteiger partial charge in [0.05, 0.1) is 6.04 Å². The van der Waals surface area contributed by atoms with Crippen molar-refractivity contribution in [2.45, 2.75) is 69.7 Å². The summed E-state index contributed by atoms with van der Waals surface area (Å²) in [6.45, 7) is 3.24. The van der Waals surface area contributed by atoms with Crippen LogP contribution in [0.15, 0.2) is 97.2 Å². The quantitative estimate of drug-likeness (QED) is 0.0620. The number of nitrogens with one attached hydrogen (secondary N) is 5. The Kier molecular flexibility index (Phi) is 14.6. The molecule has 1 aromatic heterocycles. The van der Waals surface area contributed by atoms with Crippen molar-refractivity contribution in [1.29, 1.82) is 0 Å². The number of nitrogens with zero attached hydrogens (tertiary/aromatic N) is 2. The standard InChI is InChI=1S/C46H49ClN8O8/c1-25(41(58)35-19-21-49-54-35)50-44(61)37-23-27-7-17-38(56)33(22-27)34-24-31(14-18-39(34)57)40(45(62)51-26(2)42(59)53-37)55(3)46(63)36(6-4-5-20-48)52-43(60)30-10-8-28(9-11-30)29-12-15-32(47)16-13-29/h7-19,21-22,24-26,36-37,40,56-57H,4-6,20,23,48H2,1-3H3,(H,49,54)(H,50,61)(H,51,62)(H,52,60)(H,53,59)/t25-,26-,36-,37-,40-/m0/s1. The normalized spacial score (nSPS) is 17.3. The molecule has 0 radical (unpaired) electrons. The van der Waals surface area contributed by atoms with Crippen molar-refractivity contribution in [3.8, 4) is 33.8 Å². The number of carbonyl (C=O) groups excluding carboxylic acids is 6. The zero-order valence-corrected chi connectivity index (χ0v) is 35.6. The molecule has 328 valence electrons. The maximum atomic E-state index is 14.6. The molecule has 0 spiro atoms. The molecule has 17 heteroatoms. The van der Waals surface area contributed by atoms with Crippen LogP contribution in [0.25, 0.3) is 22.3 Å². The number of hydrogen-bond donors (Lipinski definition) is 8. The van der Waals surface area contributed by atoms with Crippen molar-refractivity contribution in [2.75, 3.05) is 13.6 Å². The van der Waals surface area contributed by atoms with Crippen LogP contribution in [0.1, 0.15) is 71.1 Å². The molecular weight excluding hydrogens is 828 g/mol. The van der Waals surface area contributed by atoms with Gasteiger partial charge in [0.15, 0.2) is 0 Å². The second-order valence-electron chi connectivity index (χ2n) is 15.4. The molecule has 16 nitrogen and oxygen atoms in total. The first kappa shape index (κ1) is 45.5. The summed E-state index contributed by atoms with van der Waals surface area (Å²) in [5.74, 6) is -4.38. The van der Waals surface area contributed by atoms with E-state index < -0.39 is 65.5 Å². The van der Waals surface area contributed by atoms with Gasteiger partial charge in [-0.25, -0.2) is 0 Å². The van der Waals surface area contributed by atoms with Gasteiger partial charge in [0.25, 0.3) is 5.91 Å². The summed E-state index contributed by atoms with van der Waals surface area (Å²) in [6.07, 6.45) is 2.49. The molecule has 5 amide bonds. The summed E-state index contributed by atoms with van der Waals surface area (Å²) in [7, 11) is 1.39. The summed E-state index contributed by atoms with van der Waals surface area (Å²) in [5, 5.41) is 40.0. The fourth-order valence-corrected chi connectivity index (χ4v) is 7.47. The van der Waals surface area contributed by atoms with Crippen molar-refractivity contribution < 1.29 is 39.0 Å². The molecule has 5 aromatic rings. The van der Waals surface area contributed by atoms with Gasteiger partial charge in [-0.3, -0.25) is 33.9 Å². The lowest BCUT2D eigenvalue weighted by atomic mass is 9.93. The van der Waals surface area contributed by atoms with Crippen molar-refractivity contribution >= 4 is 46.9 Å². The van der Waals surface area contributed by atoms with Crippen LogP contribution < -0.4 is 27.0 Å². The van der Waals surface area contributed by atoms with Crippen LogP contribution in [0, 0.1) is 0 Å². The van der Waals surface area contributed by atoms with Gasteiger partial charge in [0, 0.05) is 41.4 Å². The number of phenols is 2. The molecule has 0 aliphatic carbocycles. The van der Waals surface area contributed by atoms with Gasteiger partial charge in [0.1, 0.15) is 41.4 Å². The third-order valence-corrected chi connectivity index (χ3v) is 11.1. The van der Waals surface area contributed by atoms with E-state index in [0.29, 0.717) is 35.5 Å². The first-order valence-corrected chi connectivity index (χ1v) is 20.8. The lowest BCUT2D eigenvalue weighted by molar-refractivity contribution is -0.141. The first-order chi connectivity index (χ1) is 30.1. The highest BCUT2D eigenvalue weighted by Crippen LogP contribution is 2.39. The Hall–Kier alpha value is -7.04. The number of unbranched alkanes of at least 4 members (excludes halogenated alkanes) is 1.